The molecule has 1 saturated heterocycles. The monoisotopic (exact) mass is 433 g/mol. The van der Waals surface area contributed by atoms with Crippen LogP contribution in [0.3, 0.4) is 0 Å². The molecule has 0 atom stereocenters. The molecule has 2 aliphatic rings. The molecule has 2 aliphatic heterocycles. The van der Waals surface area contributed by atoms with Crippen molar-refractivity contribution in [3.8, 4) is 0 Å². The van der Waals surface area contributed by atoms with Gasteiger partial charge in [-0.15, -0.1) is 0 Å². The second-order valence-electron chi connectivity index (χ2n) is 7.12. The van der Waals surface area contributed by atoms with Gasteiger partial charge in [-0.3, -0.25) is 9.59 Å². The van der Waals surface area contributed by atoms with E-state index < -0.39 is 15.9 Å². The number of carbonyl (C=O) groups is 2. The van der Waals surface area contributed by atoms with Crippen LogP contribution in [0.5, 0.6) is 0 Å². The summed E-state index contributed by atoms with van der Waals surface area (Å²) in [4.78, 5) is 24.4. The van der Waals surface area contributed by atoms with Crippen LogP contribution in [0.15, 0.2) is 41.3 Å². The Bertz CT molecular complexity index is 1090. The van der Waals surface area contributed by atoms with Crippen LogP contribution < -0.4 is 10.6 Å². The topological polar surface area (TPSA) is 95.6 Å². The average Bonchev–Trinajstić information content (AvgIpc) is 3.09. The number of nitrogens with zero attached hydrogens (tertiary/aromatic N) is 1. The van der Waals surface area contributed by atoms with Gasteiger partial charge in [0.25, 0.3) is 11.8 Å². The lowest BCUT2D eigenvalue weighted by atomic mass is 10.1. The minimum atomic E-state index is -3.77. The van der Waals surface area contributed by atoms with Gasteiger partial charge >= 0.3 is 0 Å². The Labute approximate surface area is 174 Å². The first kappa shape index (κ1) is 19.9. The quantitative estimate of drug-likeness (QED) is 0.774. The number of benzene rings is 2. The third-order valence-electron chi connectivity index (χ3n) is 5.18. The summed E-state index contributed by atoms with van der Waals surface area (Å²) >= 11 is 6.16. The Morgan fingerprint density at radius 1 is 1.07 bits per heavy atom. The zero-order valence-corrected chi connectivity index (χ0v) is 17.1. The molecule has 0 spiro atoms. The zero-order chi connectivity index (χ0) is 20.6. The van der Waals surface area contributed by atoms with Gasteiger partial charge in [0.15, 0.2) is 0 Å². The Morgan fingerprint density at radius 3 is 2.59 bits per heavy atom. The van der Waals surface area contributed by atoms with Crippen molar-refractivity contribution in [3.63, 3.8) is 0 Å². The van der Waals surface area contributed by atoms with E-state index in [1.54, 1.807) is 18.2 Å². The van der Waals surface area contributed by atoms with Crippen LogP contribution in [-0.4, -0.2) is 37.6 Å². The van der Waals surface area contributed by atoms with Crippen molar-refractivity contribution in [1.29, 1.82) is 0 Å². The summed E-state index contributed by atoms with van der Waals surface area (Å²) in [5.74, 6) is -0.660. The van der Waals surface area contributed by atoms with Gasteiger partial charge in [0.05, 0.1) is 5.02 Å². The predicted molar refractivity (Wildman–Crippen MR) is 110 cm³/mol. The van der Waals surface area contributed by atoms with E-state index in [1.807, 2.05) is 0 Å². The fourth-order valence-corrected chi connectivity index (χ4v) is 5.60. The lowest BCUT2D eigenvalue weighted by Crippen LogP contribution is -2.35. The second-order valence-corrected chi connectivity index (χ2v) is 9.43. The highest BCUT2D eigenvalue weighted by atomic mass is 35.5. The molecule has 2 aromatic carbocycles. The van der Waals surface area contributed by atoms with Crippen molar-refractivity contribution in [3.05, 3.63) is 58.1 Å². The summed E-state index contributed by atoms with van der Waals surface area (Å²) in [5.41, 5.74) is 2.03. The van der Waals surface area contributed by atoms with Crippen molar-refractivity contribution >= 4 is 39.1 Å². The van der Waals surface area contributed by atoms with Crippen LogP contribution in [0.2, 0.25) is 5.02 Å². The van der Waals surface area contributed by atoms with Crippen LogP contribution in [0, 0.1) is 0 Å². The number of anilines is 1. The minimum absolute atomic E-state index is 0.0675. The summed E-state index contributed by atoms with van der Waals surface area (Å²) in [7, 11) is -3.77. The third-order valence-corrected chi connectivity index (χ3v) is 7.56. The number of carbonyl (C=O) groups excluding carboxylic acids is 2. The normalized spacial score (nSPS) is 16.9. The third kappa shape index (κ3) is 3.88. The molecular formula is C20H20ClN3O4S. The maximum absolute atomic E-state index is 13.0. The molecular weight excluding hydrogens is 414 g/mol. The highest BCUT2D eigenvalue weighted by Gasteiger charge is 2.29. The molecule has 2 N–H and O–H groups in total. The number of nitrogens with one attached hydrogen (secondary N) is 2. The van der Waals surface area contributed by atoms with Crippen molar-refractivity contribution in [1.82, 2.24) is 9.62 Å². The van der Waals surface area contributed by atoms with Crippen LogP contribution in [0.4, 0.5) is 5.69 Å². The molecule has 0 aromatic heterocycles. The van der Waals surface area contributed by atoms with E-state index in [4.69, 9.17) is 11.6 Å². The Balaban J connectivity index is 1.59. The van der Waals surface area contributed by atoms with Gasteiger partial charge in [0.2, 0.25) is 10.0 Å². The highest BCUT2D eigenvalue weighted by molar-refractivity contribution is 7.89. The largest absolute Gasteiger partial charge is 0.348 e. The van der Waals surface area contributed by atoms with Crippen molar-refractivity contribution in [2.75, 3.05) is 18.4 Å². The number of hydrogen-bond donors (Lipinski definition) is 2. The van der Waals surface area contributed by atoms with E-state index in [9.17, 15) is 18.0 Å². The van der Waals surface area contributed by atoms with Crippen LogP contribution >= 0.6 is 11.6 Å². The van der Waals surface area contributed by atoms with Crippen LogP contribution in [-0.2, 0) is 16.6 Å². The molecule has 4 rings (SSSR count). The fraction of sp³-hybridized carbons (Fsp3) is 0.300. The molecule has 0 aliphatic carbocycles. The van der Waals surface area contributed by atoms with E-state index in [2.05, 4.69) is 10.6 Å². The molecule has 2 aromatic rings. The Kier molecular flexibility index (Phi) is 5.33. The molecule has 152 valence electrons. The van der Waals surface area contributed by atoms with Gasteiger partial charge in [-0.25, -0.2) is 8.42 Å². The summed E-state index contributed by atoms with van der Waals surface area (Å²) in [6.07, 6.45) is 2.62. The van der Waals surface area contributed by atoms with Crippen molar-refractivity contribution in [2.24, 2.45) is 0 Å². The van der Waals surface area contributed by atoms with Gasteiger partial charge < -0.3 is 10.6 Å². The zero-order valence-electron chi connectivity index (χ0n) is 15.6. The molecule has 0 bridgehead atoms. The Hall–Kier alpha value is -2.42. The molecule has 0 saturated carbocycles. The first-order valence-electron chi connectivity index (χ1n) is 9.38. The van der Waals surface area contributed by atoms with Gasteiger partial charge in [-0.05, 0) is 48.7 Å². The minimum Gasteiger partial charge on any atom is -0.348 e. The fourth-order valence-electron chi connectivity index (χ4n) is 3.58. The molecule has 9 heteroatoms. The molecule has 0 unspecified atom stereocenters. The van der Waals surface area contributed by atoms with E-state index in [0.29, 0.717) is 30.9 Å². The number of rotatable bonds is 4. The SMILES string of the molecule is O=C(Nc1ccc2c(c1)C(=O)NC2)c1ccc(Cl)c(S(=O)(=O)N2CCCCC2)c1. The maximum Gasteiger partial charge on any atom is 0.255 e. The van der Waals surface area contributed by atoms with E-state index in [1.165, 1.54) is 22.5 Å². The number of hydrogen-bond acceptors (Lipinski definition) is 4. The lowest BCUT2D eigenvalue weighted by molar-refractivity contribution is 0.0964. The molecule has 29 heavy (non-hydrogen) atoms. The van der Waals surface area contributed by atoms with Crippen molar-refractivity contribution < 1.29 is 18.0 Å². The van der Waals surface area contributed by atoms with Crippen LogP contribution in [0.1, 0.15) is 45.5 Å². The first-order chi connectivity index (χ1) is 13.9. The number of sulfonamides is 1. The smallest absolute Gasteiger partial charge is 0.255 e. The summed E-state index contributed by atoms with van der Waals surface area (Å²) in [6.45, 7) is 1.37. The average molecular weight is 434 g/mol. The maximum atomic E-state index is 13.0. The van der Waals surface area contributed by atoms with Gasteiger partial charge in [0.1, 0.15) is 4.90 Å². The first-order valence-corrected chi connectivity index (χ1v) is 11.2. The predicted octanol–water partition coefficient (Wildman–Crippen LogP) is 3.01. The van der Waals surface area contributed by atoms with Crippen LogP contribution in [0.25, 0.3) is 0 Å². The van der Waals surface area contributed by atoms with E-state index in [-0.39, 0.29) is 21.4 Å². The molecule has 7 nitrogen and oxygen atoms in total. The van der Waals surface area contributed by atoms with Gasteiger partial charge in [-0.2, -0.15) is 4.31 Å². The van der Waals surface area contributed by atoms with E-state index >= 15 is 0 Å². The van der Waals surface area contributed by atoms with Gasteiger partial charge in [0, 0.05) is 36.4 Å². The molecule has 0 radical (unpaired) electrons. The van der Waals surface area contributed by atoms with Gasteiger partial charge in [-0.1, -0.05) is 24.1 Å². The summed E-state index contributed by atoms with van der Waals surface area (Å²) in [6, 6.07) is 9.30. The number of amides is 2. The highest BCUT2D eigenvalue weighted by Crippen LogP contribution is 2.28. The Morgan fingerprint density at radius 2 is 1.83 bits per heavy atom. The molecule has 2 amide bonds. The van der Waals surface area contributed by atoms with Crippen molar-refractivity contribution in [2.45, 2.75) is 30.7 Å². The lowest BCUT2D eigenvalue weighted by Gasteiger charge is -2.26. The molecule has 1 fully saturated rings. The standard InChI is InChI=1S/C20H20ClN3O4S/c21-17-7-5-13(10-18(17)29(27,28)24-8-2-1-3-9-24)19(25)23-15-6-4-14-12-22-20(26)16(14)11-15/h4-7,10-11H,1-3,8-9,12H2,(H,22,26)(H,23,25). The van der Waals surface area contributed by atoms with E-state index in [0.717, 1.165) is 24.8 Å². The number of fused-ring (bicyclic) bond motifs is 1. The second kappa shape index (κ2) is 7.78. The summed E-state index contributed by atoms with van der Waals surface area (Å²) < 4.78 is 27.4. The summed E-state index contributed by atoms with van der Waals surface area (Å²) in [5, 5.41) is 5.52. The number of piperidine rings is 1. The molecule has 2 heterocycles. The number of halogens is 1.